The number of rotatable bonds is 11. The number of piperazine rings is 1. The maximum absolute atomic E-state index is 6.04. The third-order valence-electron chi connectivity index (χ3n) is 6.24. The van der Waals surface area contributed by atoms with Gasteiger partial charge in [-0.3, -0.25) is 4.90 Å². The number of benzene rings is 3. The van der Waals surface area contributed by atoms with Crippen molar-refractivity contribution in [3.8, 4) is 11.5 Å². The van der Waals surface area contributed by atoms with Crippen molar-refractivity contribution in [2.75, 3.05) is 45.9 Å². The summed E-state index contributed by atoms with van der Waals surface area (Å²) in [6.45, 7) is 10.2. The van der Waals surface area contributed by atoms with Gasteiger partial charge in [-0.25, -0.2) is 0 Å². The van der Waals surface area contributed by atoms with Gasteiger partial charge in [-0.15, -0.1) is 24.8 Å². The minimum absolute atomic E-state index is 0. The van der Waals surface area contributed by atoms with Gasteiger partial charge in [-0.05, 0) is 50.1 Å². The molecule has 0 atom stereocenters. The predicted octanol–water partition coefficient (Wildman–Crippen LogP) is 6.40. The maximum atomic E-state index is 6.04. The highest BCUT2D eigenvalue weighted by atomic mass is 35.5. The Kier molecular flexibility index (Phi) is 13.2. The molecule has 3 aromatic carbocycles. The topological polar surface area (TPSA) is 24.9 Å². The van der Waals surface area contributed by atoms with Gasteiger partial charge in [0.1, 0.15) is 11.5 Å². The molecule has 4 rings (SSSR count). The van der Waals surface area contributed by atoms with Gasteiger partial charge in [-0.2, -0.15) is 0 Å². The van der Waals surface area contributed by atoms with Crippen molar-refractivity contribution in [1.29, 1.82) is 0 Å². The van der Waals surface area contributed by atoms with E-state index < -0.39 is 0 Å². The number of aryl methyl sites for hydroxylation is 2. The average molecular weight is 518 g/mol. The van der Waals surface area contributed by atoms with Gasteiger partial charge in [0, 0.05) is 38.3 Å². The highest BCUT2D eigenvalue weighted by Gasteiger charge is 2.16. The summed E-state index contributed by atoms with van der Waals surface area (Å²) in [5.74, 6) is 1.71. The molecule has 3 aromatic rings. The SMILES string of the molecule is Cc1cccc(CCCN2CCN(CCOCc3ccccc3Oc3ccccc3)CC2)c1.Cl.Cl. The van der Waals surface area contributed by atoms with Crippen LogP contribution >= 0.6 is 24.8 Å². The molecule has 0 saturated carbocycles. The number of halogens is 2. The third kappa shape index (κ3) is 9.83. The van der Waals surface area contributed by atoms with Crippen LogP contribution in [-0.4, -0.2) is 55.7 Å². The van der Waals surface area contributed by atoms with E-state index in [1.54, 1.807) is 0 Å². The monoisotopic (exact) mass is 516 g/mol. The van der Waals surface area contributed by atoms with Crippen LogP contribution in [0.3, 0.4) is 0 Å². The van der Waals surface area contributed by atoms with Crippen LogP contribution in [0.15, 0.2) is 78.9 Å². The van der Waals surface area contributed by atoms with Gasteiger partial charge in [0.25, 0.3) is 0 Å². The fraction of sp³-hybridized carbons (Fsp3) is 0.379. The van der Waals surface area contributed by atoms with Crippen molar-refractivity contribution in [1.82, 2.24) is 9.80 Å². The summed E-state index contributed by atoms with van der Waals surface area (Å²) in [5.41, 5.74) is 3.90. The first-order valence-corrected chi connectivity index (χ1v) is 12.1. The molecule has 0 radical (unpaired) electrons. The predicted molar refractivity (Wildman–Crippen MR) is 149 cm³/mol. The molecular weight excluding hydrogens is 479 g/mol. The van der Waals surface area contributed by atoms with Gasteiger partial charge < -0.3 is 14.4 Å². The molecule has 190 valence electrons. The van der Waals surface area contributed by atoms with E-state index >= 15 is 0 Å². The molecule has 1 heterocycles. The summed E-state index contributed by atoms with van der Waals surface area (Å²) >= 11 is 0. The van der Waals surface area contributed by atoms with Gasteiger partial charge in [-0.1, -0.05) is 66.2 Å². The smallest absolute Gasteiger partial charge is 0.132 e. The normalized spacial score (nSPS) is 14.1. The summed E-state index contributed by atoms with van der Waals surface area (Å²) in [7, 11) is 0. The van der Waals surface area contributed by atoms with Crippen LogP contribution in [0.1, 0.15) is 23.1 Å². The molecule has 1 saturated heterocycles. The van der Waals surface area contributed by atoms with Crippen molar-refractivity contribution in [3.63, 3.8) is 0 Å². The van der Waals surface area contributed by atoms with Crippen LogP contribution in [0.5, 0.6) is 11.5 Å². The first-order chi connectivity index (χ1) is 16.3. The Hall–Kier alpha value is -2.08. The first kappa shape index (κ1) is 29.2. The molecule has 35 heavy (non-hydrogen) atoms. The van der Waals surface area contributed by atoms with E-state index in [0.717, 1.165) is 56.4 Å². The lowest BCUT2D eigenvalue weighted by atomic mass is 10.1. The molecule has 0 N–H and O–H groups in total. The molecule has 4 nitrogen and oxygen atoms in total. The second-order valence-electron chi connectivity index (χ2n) is 8.85. The number of hydrogen-bond acceptors (Lipinski definition) is 4. The minimum Gasteiger partial charge on any atom is -0.457 e. The Labute approximate surface area is 223 Å². The minimum atomic E-state index is 0. The fourth-order valence-electron chi connectivity index (χ4n) is 4.32. The van der Waals surface area contributed by atoms with Crippen molar-refractivity contribution in [3.05, 3.63) is 95.6 Å². The Morgan fingerprint density at radius 2 is 1.43 bits per heavy atom. The highest BCUT2D eigenvalue weighted by Crippen LogP contribution is 2.25. The lowest BCUT2D eigenvalue weighted by Crippen LogP contribution is -2.47. The van der Waals surface area contributed by atoms with E-state index in [4.69, 9.17) is 9.47 Å². The quantitative estimate of drug-likeness (QED) is 0.275. The average Bonchev–Trinajstić information content (AvgIpc) is 2.84. The molecule has 1 aliphatic rings. The highest BCUT2D eigenvalue weighted by molar-refractivity contribution is 5.85. The van der Waals surface area contributed by atoms with E-state index in [9.17, 15) is 0 Å². The summed E-state index contributed by atoms with van der Waals surface area (Å²) < 4.78 is 12.1. The summed E-state index contributed by atoms with van der Waals surface area (Å²) in [6.07, 6.45) is 2.40. The second kappa shape index (κ2) is 15.8. The zero-order valence-corrected chi connectivity index (χ0v) is 22.2. The van der Waals surface area contributed by atoms with E-state index in [-0.39, 0.29) is 24.8 Å². The van der Waals surface area contributed by atoms with Gasteiger partial charge in [0.15, 0.2) is 0 Å². The van der Waals surface area contributed by atoms with Crippen LogP contribution in [0.25, 0.3) is 0 Å². The maximum Gasteiger partial charge on any atom is 0.132 e. The molecule has 0 bridgehead atoms. The number of nitrogens with zero attached hydrogens (tertiary/aromatic N) is 2. The third-order valence-corrected chi connectivity index (χ3v) is 6.24. The Morgan fingerprint density at radius 3 is 2.17 bits per heavy atom. The molecule has 0 amide bonds. The van der Waals surface area contributed by atoms with Crippen LogP contribution in [0, 0.1) is 6.92 Å². The van der Waals surface area contributed by atoms with Gasteiger partial charge >= 0.3 is 0 Å². The largest absolute Gasteiger partial charge is 0.457 e. The summed E-state index contributed by atoms with van der Waals surface area (Å²) in [4.78, 5) is 5.12. The van der Waals surface area contributed by atoms with Crippen molar-refractivity contribution in [2.24, 2.45) is 0 Å². The number of para-hydroxylation sites is 2. The summed E-state index contributed by atoms with van der Waals surface area (Å²) in [5, 5.41) is 0. The van der Waals surface area contributed by atoms with Crippen LogP contribution in [0.2, 0.25) is 0 Å². The molecular formula is C29H38Cl2N2O2. The Balaban J connectivity index is 0.00000216. The molecule has 0 aromatic heterocycles. The van der Waals surface area contributed by atoms with Gasteiger partial charge in [0.05, 0.1) is 13.2 Å². The standard InChI is InChI=1S/C29H36N2O2.2ClH/c1-25-9-7-10-26(23-25)11-8-16-30-17-19-31(20-18-30)21-22-32-24-27-12-5-6-15-29(27)33-28-13-3-2-4-14-28;;/h2-7,9-10,12-15,23H,8,11,16-22,24H2,1H3;2*1H. The zero-order chi connectivity index (χ0) is 22.7. The molecule has 0 aliphatic carbocycles. The second-order valence-corrected chi connectivity index (χ2v) is 8.85. The number of hydrogen-bond donors (Lipinski definition) is 0. The Bertz CT molecular complexity index is 979. The van der Waals surface area contributed by atoms with Gasteiger partial charge in [0.2, 0.25) is 0 Å². The van der Waals surface area contributed by atoms with Crippen molar-refractivity contribution < 1.29 is 9.47 Å². The van der Waals surface area contributed by atoms with Crippen molar-refractivity contribution in [2.45, 2.75) is 26.4 Å². The molecule has 0 unspecified atom stereocenters. The molecule has 0 spiro atoms. The molecule has 1 fully saturated rings. The number of ether oxygens (including phenoxy) is 2. The van der Waals surface area contributed by atoms with E-state index in [2.05, 4.69) is 47.1 Å². The van der Waals surface area contributed by atoms with Crippen LogP contribution in [0.4, 0.5) is 0 Å². The Morgan fingerprint density at radius 1 is 0.743 bits per heavy atom. The van der Waals surface area contributed by atoms with Crippen molar-refractivity contribution >= 4 is 24.8 Å². The van der Waals surface area contributed by atoms with Crippen LogP contribution in [-0.2, 0) is 17.8 Å². The van der Waals surface area contributed by atoms with E-state index in [1.807, 2.05) is 48.5 Å². The van der Waals surface area contributed by atoms with Crippen LogP contribution < -0.4 is 4.74 Å². The fourth-order valence-corrected chi connectivity index (χ4v) is 4.32. The first-order valence-electron chi connectivity index (χ1n) is 12.1. The lowest BCUT2D eigenvalue weighted by molar-refractivity contribution is 0.0676. The zero-order valence-electron chi connectivity index (χ0n) is 20.6. The van der Waals surface area contributed by atoms with E-state index in [1.165, 1.54) is 30.5 Å². The molecule has 1 aliphatic heterocycles. The summed E-state index contributed by atoms with van der Waals surface area (Å²) in [6, 6.07) is 26.9. The molecule has 6 heteroatoms. The lowest BCUT2D eigenvalue weighted by Gasteiger charge is -2.34. The van der Waals surface area contributed by atoms with E-state index in [0.29, 0.717) is 6.61 Å².